The molecular formula is C14H13BrFN. The number of anilines is 1. The Bertz CT molecular complexity index is 508. The van der Waals surface area contributed by atoms with Crippen LogP contribution in [0.15, 0.2) is 46.9 Å². The Kier molecular flexibility index (Phi) is 3.79. The van der Waals surface area contributed by atoms with E-state index in [1.54, 1.807) is 6.07 Å². The van der Waals surface area contributed by atoms with E-state index >= 15 is 0 Å². The summed E-state index contributed by atoms with van der Waals surface area (Å²) in [7, 11) is 0. The molecule has 0 amide bonds. The van der Waals surface area contributed by atoms with Crippen molar-refractivity contribution in [3.8, 4) is 0 Å². The number of hydrogen-bond acceptors (Lipinski definition) is 1. The number of nitrogens with one attached hydrogen (secondary N) is 1. The maximum atomic E-state index is 13.5. The van der Waals surface area contributed by atoms with Gasteiger partial charge in [0, 0.05) is 22.3 Å². The van der Waals surface area contributed by atoms with Crippen LogP contribution in [-0.2, 0) is 6.54 Å². The molecule has 0 aliphatic carbocycles. The molecule has 0 aliphatic heterocycles. The summed E-state index contributed by atoms with van der Waals surface area (Å²) in [6.45, 7) is 2.53. The van der Waals surface area contributed by atoms with E-state index in [4.69, 9.17) is 0 Å². The zero-order valence-corrected chi connectivity index (χ0v) is 11.1. The minimum Gasteiger partial charge on any atom is -0.381 e. The lowest BCUT2D eigenvalue weighted by Gasteiger charge is -2.08. The third kappa shape index (κ3) is 3.30. The topological polar surface area (TPSA) is 12.0 Å². The molecule has 2 rings (SSSR count). The maximum absolute atomic E-state index is 13.5. The fourth-order valence-corrected chi connectivity index (χ4v) is 1.87. The first-order valence-electron chi connectivity index (χ1n) is 5.39. The van der Waals surface area contributed by atoms with Gasteiger partial charge in [-0.25, -0.2) is 4.39 Å². The third-order valence-electron chi connectivity index (χ3n) is 2.55. The van der Waals surface area contributed by atoms with Gasteiger partial charge in [-0.15, -0.1) is 0 Å². The van der Waals surface area contributed by atoms with Crippen molar-refractivity contribution in [3.05, 3.63) is 63.9 Å². The first kappa shape index (κ1) is 12.1. The quantitative estimate of drug-likeness (QED) is 0.878. The Labute approximate surface area is 109 Å². The average Bonchev–Trinajstić information content (AvgIpc) is 2.30. The smallest absolute Gasteiger partial charge is 0.129 e. The molecule has 0 unspecified atom stereocenters. The number of rotatable bonds is 3. The molecule has 0 saturated heterocycles. The minimum atomic E-state index is -0.195. The SMILES string of the molecule is Cc1ccc(NCc2ccc(Br)cc2F)cc1. The van der Waals surface area contributed by atoms with Gasteiger partial charge >= 0.3 is 0 Å². The summed E-state index contributed by atoms with van der Waals surface area (Å²) < 4.78 is 14.3. The second-order valence-corrected chi connectivity index (χ2v) is 4.87. The van der Waals surface area contributed by atoms with Gasteiger partial charge in [0.1, 0.15) is 5.82 Å². The molecule has 1 N–H and O–H groups in total. The number of halogens is 2. The van der Waals surface area contributed by atoms with Crippen LogP contribution in [0.3, 0.4) is 0 Å². The maximum Gasteiger partial charge on any atom is 0.129 e. The molecule has 0 fully saturated rings. The van der Waals surface area contributed by atoms with Crippen molar-refractivity contribution in [2.45, 2.75) is 13.5 Å². The Balaban J connectivity index is 2.04. The van der Waals surface area contributed by atoms with Crippen LogP contribution in [0.1, 0.15) is 11.1 Å². The van der Waals surface area contributed by atoms with E-state index in [9.17, 15) is 4.39 Å². The molecule has 2 aromatic rings. The molecule has 0 heterocycles. The highest BCUT2D eigenvalue weighted by atomic mass is 79.9. The fourth-order valence-electron chi connectivity index (χ4n) is 1.53. The Hall–Kier alpha value is -1.35. The molecular weight excluding hydrogens is 281 g/mol. The summed E-state index contributed by atoms with van der Waals surface area (Å²) in [4.78, 5) is 0. The van der Waals surface area contributed by atoms with E-state index in [1.165, 1.54) is 11.6 Å². The molecule has 1 nitrogen and oxygen atoms in total. The normalized spacial score (nSPS) is 10.3. The van der Waals surface area contributed by atoms with Crippen LogP contribution < -0.4 is 5.32 Å². The molecule has 0 radical (unpaired) electrons. The predicted molar refractivity (Wildman–Crippen MR) is 72.6 cm³/mol. The summed E-state index contributed by atoms with van der Waals surface area (Å²) in [6.07, 6.45) is 0. The van der Waals surface area contributed by atoms with E-state index in [2.05, 4.69) is 21.2 Å². The van der Waals surface area contributed by atoms with Gasteiger partial charge in [0.05, 0.1) is 0 Å². The van der Waals surface area contributed by atoms with Crippen molar-refractivity contribution in [2.24, 2.45) is 0 Å². The number of benzene rings is 2. The van der Waals surface area contributed by atoms with E-state index in [1.807, 2.05) is 37.3 Å². The van der Waals surface area contributed by atoms with E-state index < -0.39 is 0 Å². The van der Waals surface area contributed by atoms with Crippen LogP contribution in [0.4, 0.5) is 10.1 Å². The first-order chi connectivity index (χ1) is 8.15. The zero-order chi connectivity index (χ0) is 12.3. The average molecular weight is 294 g/mol. The molecule has 0 aliphatic rings. The van der Waals surface area contributed by atoms with Crippen molar-refractivity contribution in [3.63, 3.8) is 0 Å². The Morgan fingerprint density at radius 3 is 2.47 bits per heavy atom. The summed E-state index contributed by atoms with van der Waals surface area (Å²) in [5, 5.41) is 3.19. The van der Waals surface area contributed by atoms with Gasteiger partial charge in [-0.05, 0) is 31.2 Å². The molecule has 0 bridgehead atoms. The summed E-state index contributed by atoms with van der Waals surface area (Å²) in [5.41, 5.74) is 2.87. The standard InChI is InChI=1S/C14H13BrFN/c1-10-2-6-13(7-3-10)17-9-11-4-5-12(15)8-14(11)16/h2-8,17H,9H2,1H3. The predicted octanol–water partition coefficient (Wildman–Crippen LogP) is 4.51. The number of aryl methyl sites for hydroxylation is 1. The van der Waals surface area contributed by atoms with Gasteiger partial charge in [-0.3, -0.25) is 0 Å². The molecule has 0 atom stereocenters. The van der Waals surface area contributed by atoms with Crippen LogP contribution >= 0.6 is 15.9 Å². The van der Waals surface area contributed by atoms with E-state index in [0.717, 1.165) is 10.2 Å². The van der Waals surface area contributed by atoms with Gasteiger partial charge in [0.15, 0.2) is 0 Å². The molecule has 17 heavy (non-hydrogen) atoms. The van der Waals surface area contributed by atoms with Crippen LogP contribution in [0.2, 0.25) is 0 Å². The Morgan fingerprint density at radius 1 is 1.12 bits per heavy atom. The Morgan fingerprint density at radius 2 is 1.82 bits per heavy atom. The summed E-state index contributed by atoms with van der Waals surface area (Å²) in [5.74, 6) is -0.195. The van der Waals surface area contributed by atoms with Gasteiger partial charge in [0.25, 0.3) is 0 Å². The van der Waals surface area contributed by atoms with Gasteiger partial charge < -0.3 is 5.32 Å². The van der Waals surface area contributed by atoms with Gasteiger partial charge in [-0.2, -0.15) is 0 Å². The van der Waals surface area contributed by atoms with Gasteiger partial charge in [0.2, 0.25) is 0 Å². The lowest BCUT2D eigenvalue weighted by Crippen LogP contribution is -2.01. The van der Waals surface area contributed by atoms with Crippen molar-refractivity contribution in [1.29, 1.82) is 0 Å². The minimum absolute atomic E-state index is 0.195. The molecule has 0 saturated carbocycles. The molecule has 0 spiro atoms. The van der Waals surface area contributed by atoms with Crippen molar-refractivity contribution in [2.75, 3.05) is 5.32 Å². The number of hydrogen-bond donors (Lipinski definition) is 1. The van der Waals surface area contributed by atoms with E-state index in [-0.39, 0.29) is 5.82 Å². The second-order valence-electron chi connectivity index (χ2n) is 3.96. The fraction of sp³-hybridized carbons (Fsp3) is 0.143. The summed E-state index contributed by atoms with van der Waals surface area (Å²) >= 11 is 3.24. The molecule has 0 aromatic heterocycles. The van der Waals surface area contributed by atoms with Crippen molar-refractivity contribution >= 4 is 21.6 Å². The molecule has 2 aromatic carbocycles. The highest BCUT2D eigenvalue weighted by molar-refractivity contribution is 9.10. The lowest BCUT2D eigenvalue weighted by atomic mass is 10.2. The van der Waals surface area contributed by atoms with Crippen molar-refractivity contribution < 1.29 is 4.39 Å². The summed E-state index contributed by atoms with van der Waals surface area (Å²) in [6, 6.07) is 13.1. The van der Waals surface area contributed by atoms with Crippen molar-refractivity contribution in [1.82, 2.24) is 0 Å². The highest BCUT2D eigenvalue weighted by Gasteiger charge is 2.02. The van der Waals surface area contributed by atoms with Crippen LogP contribution in [-0.4, -0.2) is 0 Å². The van der Waals surface area contributed by atoms with E-state index in [0.29, 0.717) is 12.1 Å². The first-order valence-corrected chi connectivity index (χ1v) is 6.19. The van der Waals surface area contributed by atoms with Crippen LogP contribution in [0, 0.1) is 12.7 Å². The van der Waals surface area contributed by atoms with Gasteiger partial charge in [-0.1, -0.05) is 39.7 Å². The largest absolute Gasteiger partial charge is 0.381 e. The third-order valence-corrected chi connectivity index (χ3v) is 3.04. The molecule has 3 heteroatoms. The lowest BCUT2D eigenvalue weighted by molar-refractivity contribution is 0.612. The zero-order valence-electron chi connectivity index (χ0n) is 9.50. The second kappa shape index (κ2) is 5.32. The molecule has 88 valence electrons. The van der Waals surface area contributed by atoms with Crippen LogP contribution in [0.25, 0.3) is 0 Å². The monoisotopic (exact) mass is 293 g/mol. The van der Waals surface area contributed by atoms with Crippen LogP contribution in [0.5, 0.6) is 0 Å². The highest BCUT2D eigenvalue weighted by Crippen LogP contribution is 2.17.